The Labute approximate surface area is 610 Å². The molecule has 0 radical (unpaired) electrons. The van der Waals surface area contributed by atoms with E-state index in [4.69, 9.17) is 28.4 Å². The first-order valence-electron chi connectivity index (χ1n) is 40.7. The number of amides is 1. The number of carbonyl (C=O) groups is 1. The van der Waals surface area contributed by atoms with Crippen LogP contribution in [0.25, 0.3) is 0 Å². The molecule has 3 aliphatic rings. The first-order chi connectivity index (χ1) is 49.3. The number of ether oxygens (including phenoxy) is 6. The van der Waals surface area contributed by atoms with Crippen LogP contribution in [-0.4, -0.2) is 193 Å². The Hall–Kier alpha value is -2.77. The summed E-state index contributed by atoms with van der Waals surface area (Å²) in [4.78, 5) is 13.5. The van der Waals surface area contributed by atoms with Crippen molar-refractivity contribution in [3.8, 4) is 0 Å². The Morgan fingerprint density at radius 1 is 0.366 bits per heavy atom. The van der Waals surface area contributed by atoms with Gasteiger partial charge < -0.3 is 89.9 Å². The second-order valence-corrected chi connectivity index (χ2v) is 28.8. The van der Waals surface area contributed by atoms with Crippen LogP contribution in [-0.2, 0) is 33.2 Å². The third-order valence-electron chi connectivity index (χ3n) is 20.0. The molecule has 19 heteroatoms. The highest BCUT2D eigenvalue weighted by Crippen LogP contribution is 2.33. The van der Waals surface area contributed by atoms with Gasteiger partial charge in [0.05, 0.1) is 38.6 Å². The molecule has 12 N–H and O–H groups in total. The van der Waals surface area contributed by atoms with Crippen molar-refractivity contribution in [3.05, 3.63) is 72.9 Å². The van der Waals surface area contributed by atoms with E-state index in [9.17, 15) is 61.0 Å². The molecule has 0 aromatic rings. The highest BCUT2D eigenvalue weighted by Gasteiger charge is 2.54. The van der Waals surface area contributed by atoms with Crippen LogP contribution in [0.1, 0.15) is 309 Å². The Kier molecular flexibility index (Phi) is 57.0. The summed E-state index contributed by atoms with van der Waals surface area (Å²) in [5, 5.41) is 121. The maximum absolute atomic E-state index is 13.5. The molecule has 3 rings (SSSR count). The van der Waals surface area contributed by atoms with Crippen LogP contribution in [0.5, 0.6) is 0 Å². The van der Waals surface area contributed by atoms with Gasteiger partial charge in [-0.25, -0.2) is 0 Å². The zero-order valence-corrected chi connectivity index (χ0v) is 62.9. The first-order valence-corrected chi connectivity index (χ1v) is 40.7. The van der Waals surface area contributed by atoms with Crippen molar-refractivity contribution in [1.29, 1.82) is 0 Å². The van der Waals surface area contributed by atoms with E-state index in [1.807, 2.05) is 6.08 Å². The maximum Gasteiger partial charge on any atom is 0.220 e. The van der Waals surface area contributed by atoms with Gasteiger partial charge in [0, 0.05) is 6.42 Å². The van der Waals surface area contributed by atoms with E-state index >= 15 is 0 Å². The molecule has 1 amide bonds. The van der Waals surface area contributed by atoms with Crippen LogP contribution in [0.2, 0.25) is 0 Å². The summed E-state index contributed by atoms with van der Waals surface area (Å²) in [6, 6.07) is -0.992. The molecule has 19 nitrogen and oxygen atoms in total. The number of rotatable bonds is 64. The second kappa shape index (κ2) is 62.3. The average molecular weight is 1440 g/mol. The number of nitrogens with one attached hydrogen (secondary N) is 1. The van der Waals surface area contributed by atoms with Crippen molar-refractivity contribution in [2.45, 2.75) is 413 Å². The minimum atomic E-state index is -1.98. The third kappa shape index (κ3) is 42.4. The van der Waals surface area contributed by atoms with E-state index in [0.29, 0.717) is 12.8 Å². The normalized spacial score (nSPS) is 26.7. The number of unbranched alkanes of at least 4 members (excludes halogenated alkanes) is 38. The molecule has 0 spiro atoms. The van der Waals surface area contributed by atoms with Crippen molar-refractivity contribution in [2.75, 3.05) is 26.4 Å². The molecular weight excluding hydrogens is 1290 g/mol. The number of hydrogen-bond acceptors (Lipinski definition) is 18. The van der Waals surface area contributed by atoms with Gasteiger partial charge >= 0.3 is 0 Å². The number of allylic oxidation sites excluding steroid dienone is 11. The maximum atomic E-state index is 13.5. The quantitative estimate of drug-likeness (QED) is 0.0199. The lowest BCUT2D eigenvalue weighted by Gasteiger charge is -2.48. The summed E-state index contributed by atoms with van der Waals surface area (Å²) in [5.74, 6) is -0.281. The molecule has 17 atom stereocenters. The van der Waals surface area contributed by atoms with Gasteiger partial charge in [0.25, 0.3) is 0 Å². The van der Waals surface area contributed by atoms with Gasteiger partial charge in [-0.15, -0.1) is 0 Å². The minimum Gasteiger partial charge on any atom is -0.394 e. The third-order valence-corrected chi connectivity index (χ3v) is 20.0. The lowest BCUT2D eigenvalue weighted by molar-refractivity contribution is -0.379. The van der Waals surface area contributed by atoms with E-state index in [1.54, 1.807) is 6.08 Å². The summed E-state index contributed by atoms with van der Waals surface area (Å²) >= 11 is 0. The van der Waals surface area contributed by atoms with Crippen LogP contribution in [0.3, 0.4) is 0 Å². The van der Waals surface area contributed by atoms with Crippen molar-refractivity contribution in [1.82, 2.24) is 5.32 Å². The molecule has 0 aromatic carbocycles. The topological polar surface area (TPSA) is 307 Å². The van der Waals surface area contributed by atoms with E-state index in [2.05, 4.69) is 79.9 Å². The lowest BCUT2D eigenvalue weighted by atomic mass is 9.96. The fourth-order valence-electron chi connectivity index (χ4n) is 13.5. The zero-order chi connectivity index (χ0) is 73.2. The molecule has 17 unspecified atom stereocenters. The van der Waals surface area contributed by atoms with Crippen LogP contribution < -0.4 is 5.32 Å². The fourth-order valence-corrected chi connectivity index (χ4v) is 13.5. The van der Waals surface area contributed by atoms with Crippen molar-refractivity contribution in [2.24, 2.45) is 0 Å². The predicted molar refractivity (Wildman–Crippen MR) is 401 cm³/mol. The zero-order valence-electron chi connectivity index (χ0n) is 62.9. The van der Waals surface area contributed by atoms with E-state index in [1.165, 1.54) is 212 Å². The number of carbonyl (C=O) groups excluding carboxylic acids is 1. The average Bonchev–Trinajstić information content (AvgIpc) is 0.782. The Bertz CT molecular complexity index is 2110. The Morgan fingerprint density at radius 3 is 1.11 bits per heavy atom. The summed E-state index contributed by atoms with van der Waals surface area (Å²) in [6.45, 7) is 1.64. The summed E-state index contributed by atoms with van der Waals surface area (Å²) in [6.07, 6.45) is 54.7. The van der Waals surface area contributed by atoms with E-state index < -0.39 is 124 Å². The molecule has 3 fully saturated rings. The van der Waals surface area contributed by atoms with Gasteiger partial charge in [0.15, 0.2) is 18.9 Å². The second-order valence-electron chi connectivity index (χ2n) is 28.8. The lowest BCUT2D eigenvalue weighted by Crippen LogP contribution is -2.66. The molecule has 0 saturated carbocycles. The molecule has 3 aliphatic heterocycles. The molecule has 588 valence electrons. The Balaban J connectivity index is 1.35. The number of aliphatic hydroxyl groups is 11. The van der Waals surface area contributed by atoms with E-state index in [0.717, 1.165) is 64.2 Å². The van der Waals surface area contributed by atoms with Crippen molar-refractivity contribution in [3.63, 3.8) is 0 Å². The molecule has 3 saturated heterocycles. The number of aliphatic hydroxyl groups excluding tert-OH is 11. The van der Waals surface area contributed by atoms with Crippen LogP contribution in [0, 0.1) is 0 Å². The highest BCUT2D eigenvalue weighted by atomic mass is 16.8. The predicted octanol–water partition coefficient (Wildman–Crippen LogP) is 13.6. The van der Waals surface area contributed by atoms with Gasteiger partial charge in [-0.1, -0.05) is 305 Å². The van der Waals surface area contributed by atoms with Crippen molar-refractivity contribution >= 4 is 5.91 Å². The van der Waals surface area contributed by atoms with E-state index in [-0.39, 0.29) is 18.9 Å². The van der Waals surface area contributed by atoms with Gasteiger partial charge in [-0.2, -0.15) is 0 Å². The van der Waals surface area contributed by atoms with Crippen molar-refractivity contribution < 1.29 is 89.4 Å². The molecule has 0 aromatic heterocycles. The smallest absolute Gasteiger partial charge is 0.220 e. The first kappa shape index (κ1) is 92.4. The fraction of sp³-hybridized carbons (Fsp3) is 0.841. The molecule has 0 aliphatic carbocycles. The van der Waals surface area contributed by atoms with Gasteiger partial charge in [0.2, 0.25) is 5.91 Å². The highest BCUT2D eigenvalue weighted by molar-refractivity contribution is 5.76. The summed E-state index contributed by atoms with van der Waals surface area (Å²) < 4.78 is 34.4. The van der Waals surface area contributed by atoms with Crippen LogP contribution in [0.4, 0.5) is 0 Å². The van der Waals surface area contributed by atoms with Crippen LogP contribution >= 0.6 is 0 Å². The molecular formula is C82H147NO18. The number of hydrogen-bond donors (Lipinski definition) is 12. The summed E-state index contributed by atoms with van der Waals surface area (Å²) in [5.41, 5.74) is 0. The SMILES string of the molecule is CC/C=C\C/C=C\C/C=C\C/C=C\CCCCCCCCCCCCCCCCCCCCCCCCC(=O)NC(COC1OC(CO)C(OC2OC(CO)C(OC3OC(CO)C(O)C(O)C3O)C(O)C2O)C(O)C1O)C(O)/C=C/CC/C=C/CCCCCCCCCCCCCCCCC. The van der Waals surface area contributed by atoms with Gasteiger partial charge in [-0.05, 0) is 70.6 Å². The Morgan fingerprint density at radius 2 is 0.693 bits per heavy atom. The van der Waals surface area contributed by atoms with Crippen LogP contribution in [0.15, 0.2) is 72.9 Å². The van der Waals surface area contributed by atoms with Gasteiger partial charge in [-0.3, -0.25) is 4.79 Å². The summed E-state index contributed by atoms with van der Waals surface area (Å²) in [7, 11) is 0. The van der Waals surface area contributed by atoms with Gasteiger partial charge in [0.1, 0.15) is 73.2 Å². The largest absolute Gasteiger partial charge is 0.394 e. The monoisotopic (exact) mass is 1430 g/mol. The molecule has 3 heterocycles. The minimum absolute atomic E-state index is 0.237. The molecule has 0 bridgehead atoms. The standard InChI is InChI=1S/C82H147NO18/c1-3-5-7-9-11-13-15-17-19-21-23-25-26-27-28-29-30-31-32-33-34-35-36-37-38-40-42-44-46-48-50-52-54-56-58-60-70(88)83-65(66(87)59-57-55-53-51-49-47-45-43-41-39-24-22-20-18-16-14-12-10-8-6-4-2)64-96-80-76(94)73(91)78(68(62-85)98-80)101-82-77(95)74(92)79(69(63-86)99-82)100-81-75(93)72(90)71(89)67(61-84)97-81/h5,7,11,13,17,19,23,25,49,51,57,59,65-69,71-82,84-87,89-95H,3-4,6,8-10,12,14-16,18,20-22,24,26-48,50,52-56,58,60-64H2,1-2H3,(H,83,88)/b7-5-,13-11-,19-17-,25-23-,51-49+,59-57+. The molecule has 101 heavy (non-hydrogen) atoms.